The quantitative estimate of drug-likeness (QED) is 0.561. The SMILES string of the molecule is Cn1c(C2CN(c3cc(NN)nc(C4CC4)n3)C2)nc2ccccc21. The number of fused-ring (bicyclic) bond motifs is 1. The average Bonchev–Trinajstić information content (AvgIpc) is 3.40. The lowest BCUT2D eigenvalue weighted by molar-refractivity contribution is 0.485. The largest absolute Gasteiger partial charge is 0.355 e. The van der Waals surface area contributed by atoms with Gasteiger partial charge < -0.3 is 14.9 Å². The van der Waals surface area contributed by atoms with Gasteiger partial charge in [0.05, 0.1) is 17.0 Å². The summed E-state index contributed by atoms with van der Waals surface area (Å²) in [6.45, 7) is 1.84. The van der Waals surface area contributed by atoms with E-state index < -0.39 is 0 Å². The maximum absolute atomic E-state index is 5.58. The van der Waals surface area contributed by atoms with Crippen molar-refractivity contribution in [2.45, 2.75) is 24.7 Å². The minimum absolute atomic E-state index is 0.422. The van der Waals surface area contributed by atoms with Gasteiger partial charge in [0.15, 0.2) is 0 Å². The zero-order chi connectivity index (χ0) is 17.0. The first-order chi connectivity index (χ1) is 12.2. The normalized spacial score (nSPS) is 17.8. The number of aryl methyl sites for hydroxylation is 1. The topological polar surface area (TPSA) is 84.9 Å². The molecule has 2 aliphatic rings. The summed E-state index contributed by atoms with van der Waals surface area (Å²) in [5, 5.41) is 0. The van der Waals surface area contributed by atoms with E-state index in [1.54, 1.807) is 0 Å². The molecule has 0 unspecified atom stereocenters. The van der Waals surface area contributed by atoms with Crippen molar-refractivity contribution < 1.29 is 0 Å². The fourth-order valence-electron chi connectivity index (χ4n) is 3.57. The second kappa shape index (κ2) is 5.42. The molecule has 1 aliphatic heterocycles. The van der Waals surface area contributed by atoms with Crippen LogP contribution >= 0.6 is 0 Å². The summed E-state index contributed by atoms with van der Waals surface area (Å²) in [7, 11) is 2.10. The van der Waals surface area contributed by atoms with Gasteiger partial charge in [0.1, 0.15) is 23.3 Å². The van der Waals surface area contributed by atoms with Crippen molar-refractivity contribution in [3.8, 4) is 0 Å². The van der Waals surface area contributed by atoms with E-state index in [-0.39, 0.29) is 0 Å². The van der Waals surface area contributed by atoms with Crippen molar-refractivity contribution in [1.82, 2.24) is 19.5 Å². The van der Waals surface area contributed by atoms with Crippen LogP contribution in [0.4, 0.5) is 11.6 Å². The fraction of sp³-hybridized carbons (Fsp3) is 0.389. The molecule has 25 heavy (non-hydrogen) atoms. The molecule has 1 aliphatic carbocycles. The molecule has 7 heteroatoms. The Balaban J connectivity index is 1.39. The molecule has 0 atom stereocenters. The molecule has 1 saturated carbocycles. The monoisotopic (exact) mass is 335 g/mol. The molecule has 3 aromatic rings. The zero-order valence-electron chi connectivity index (χ0n) is 14.2. The Bertz CT molecular complexity index is 938. The molecule has 128 valence electrons. The number of hydrazine groups is 1. The smallest absolute Gasteiger partial charge is 0.145 e. The van der Waals surface area contributed by atoms with E-state index in [0.717, 1.165) is 36.1 Å². The third-order valence-corrected chi connectivity index (χ3v) is 5.21. The first-order valence-electron chi connectivity index (χ1n) is 8.75. The molecule has 2 aromatic heterocycles. The van der Waals surface area contributed by atoms with Gasteiger partial charge in [-0.2, -0.15) is 0 Å². The summed E-state index contributed by atoms with van der Waals surface area (Å²) < 4.78 is 2.21. The third-order valence-electron chi connectivity index (χ3n) is 5.21. The first kappa shape index (κ1) is 14.7. The number of hydrogen-bond acceptors (Lipinski definition) is 6. The minimum Gasteiger partial charge on any atom is -0.355 e. The molecular formula is C18H21N7. The summed E-state index contributed by atoms with van der Waals surface area (Å²) in [6, 6.07) is 10.2. The van der Waals surface area contributed by atoms with Gasteiger partial charge in [0.25, 0.3) is 0 Å². The van der Waals surface area contributed by atoms with E-state index >= 15 is 0 Å². The summed E-state index contributed by atoms with van der Waals surface area (Å²) in [4.78, 5) is 16.3. The Kier molecular flexibility index (Phi) is 3.18. The maximum atomic E-state index is 5.58. The molecule has 0 amide bonds. The van der Waals surface area contributed by atoms with Gasteiger partial charge in [-0.05, 0) is 25.0 Å². The van der Waals surface area contributed by atoms with Gasteiger partial charge >= 0.3 is 0 Å². The fourth-order valence-corrected chi connectivity index (χ4v) is 3.57. The zero-order valence-corrected chi connectivity index (χ0v) is 14.2. The molecule has 0 radical (unpaired) electrons. The number of para-hydroxylation sites is 2. The molecule has 1 saturated heterocycles. The number of hydrogen-bond donors (Lipinski definition) is 2. The van der Waals surface area contributed by atoms with Gasteiger partial charge in [0.2, 0.25) is 0 Å². The first-order valence-corrected chi connectivity index (χ1v) is 8.75. The molecule has 3 N–H and O–H groups in total. The number of rotatable bonds is 4. The Morgan fingerprint density at radius 1 is 1.08 bits per heavy atom. The van der Waals surface area contributed by atoms with Crippen LogP contribution in [0.2, 0.25) is 0 Å². The van der Waals surface area contributed by atoms with Gasteiger partial charge in [0, 0.05) is 32.1 Å². The van der Waals surface area contributed by atoms with E-state index in [9.17, 15) is 0 Å². The number of benzene rings is 1. The maximum Gasteiger partial charge on any atom is 0.145 e. The van der Waals surface area contributed by atoms with E-state index in [1.807, 2.05) is 12.1 Å². The van der Waals surface area contributed by atoms with Crippen LogP contribution in [0, 0.1) is 0 Å². The summed E-state index contributed by atoms with van der Waals surface area (Å²) in [5.41, 5.74) is 4.91. The molecule has 7 nitrogen and oxygen atoms in total. The Hall–Kier alpha value is -2.67. The number of nitrogens with zero attached hydrogens (tertiary/aromatic N) is 5. The van der Waals surface area contributed by atoms with Crippen molar-refractivity contribution >= 4 is 22.7 Å². The second-order valence-corrected chi connectivity index (χ2v) is 7.01. The standard InChI is InChI=1S/C18H21N7/c1-24-14-5-3-2-4-13(14)20-18(24)12-9-25(10-12)16-8-15(23-19)21-17(22-16)11-6-7-11/h2-5,8,11-12H,6-7,9-10,19H2,1H3,(H,21,22,23). The molecule has 3 heterocycles. The van der Waals surface area contributed by atoms with Gasteiger partial charge in [-0.15, -0.1) is 0 Å². The summed E-state index contributed by atoms with van der Waals surface area (Å²) in [6.07, 6.45) is 2.35. The van der Waals surface area contributed by atoms with Crippen LogP contribution in [-0.4, -0.2) is 32.6 Å². The minimum atomic E-state index is 0.422. The number of aromatic nitrogens is 4. The Morgan fingerprint density at radius 2 is 1.88 bits per heavy atom. The van der Waals surface area contributed by atoms with Crippen LogP contribution in [0.15, 0.2) is 30.3 Å². The van der Waals surface area contributed by atoms with Crippen molar-refractivity contribution in [2.75, 3.05) is 23.4 Å². The second-order valence-electron chi connectivity index (χ2n) is 7.01. The van der Waals surface area contributed by atoms with Gasteiger partial charge in [-0.1, -0.05) is 12.1 Å². The molecule has 1 aromatic carbocycles. The molecule has 0 bridgehead atoms. The predicted molar refractivity (Wildman–Crippen MR) is 97.5 cm³/mol. The molecule has 5 rings (SSSR count). The van der Waals surface area contributed by atoms with Crippen LogP contribution < -0.4 is 16.2 Å². The summed E-state index contributed by atoms with van der Waals surface area (Å²) in [5.74, 6) is 10.2. The molecule has 2 fully saturated rings. The number of nitrogens with one attached hydrogen (secondary N) is 1. The van der Waals surface area contributed by atoms with E-state index in [1.165, 1.54) is 18.4 Å². The molecule has 0 spiro atoms. The van der Waals surface area contributed by atoms with E-state index in [4.69, 9.17) is 15.8 Å². The van der Waals surface area contributed by atoms with E-state index in [0.29, 0.717) is 17.7 Å². The summed E-state index contributed by atoms with van der Waals surface area (Å²) >= 11 is 0. The van der Waals surface area contributed by atoms with Crippen LogP contribution in [0.1, 0.15) is 36.3 Å². The number of nitrogens with two attached hydrogens (primary N) is 1. The van der Waals surface area contributed by atoms with Crippen LogP contribution in [-0.2, 0) is 7.05 Å². The average molecular weight is 335 g/mol. The predicted octanol–water partition coefficient (Wildman–Crippen LogP) is 2.13. The number of nitrogen functional groups attached to an aromatic ring is 1. The highest BCUT2D eigenvalue weighted by molar-refractivity contribution is 5.76. The van der Waals surface area contributed by atoms with Crippen molar-refractivity contribution in [2.24, 2.45) is 12.9 Å². The highest BCUT2D eigenvalue weighted by atomic mass is 15.3. The van der Waals surface area contributed by atoms with Crippen LogP contribution in [0.3, 0.4) is 0 Å². The van der Waals surface area contributed by atoms with Crippen LogP contribution in [0.25, 0.3) is 11.0 Å². The number of imidazole rings is 1. The lowest BCUT2D eigenvalue weighted by Gasteiger charge is -2.39. The van der Waals surface area contributed by atoms with Crippen molar-refractivity contribution in [1.29, 1.82) is 0 Å². The Morgan fingerprint density at radius 3 is 2.60 bits per heavy atom. The molecular weight excluding hydrogens is 314 g/mol. The third kappa shape index (κ3) is 2.42. The van der Waals surface area contributed by atoms with Gasteiger partial charge in [-0.3, -0.25) is 0 Å². The Labute approximate surface area is 145 Å². The van der Waals surface area contributed by atoms with Crippen molar-refractivity contribution in [3.63, 3.8) is 0 Å². The van der Waals surface area contributed by atoms with E-state index in [2.05, 4.69) is 45.1 Å². The lowest BCUT2D eigenvalue weighted by atomic mass is 9.99. The highest BCUT2D eigenvalue weighted by Crippen LogP contribution is 2.40. The van der Waals surface area contributed by atoms with Gasteiger partial charge in [-0.25, -0.2) is 20.8 Å². The van der Waals surface area contributed by atoms with Crippen LogP contribution in [0.5, 0.6) is 0 Å². The lowest BCUT2D eigenvalue weighted by Crippen LogP contribution is -2.46. The van der Waals surface area contributed by atoms with Crippen molar-refractivity contribution in [3.05, 3.63) is 42.0 Å². The highest BCUT2D eigenvalue weighted by Gasteiger charge is 2.34. The number of anilines is 2.